The maximum atomic E-state index is 14.0. The van der Waals surface area contributed by atoms with E-state index in [1.165, 1.54) is 7.11 Å². The molecule has 1 saturated heterocycles. The van der Waals surface area contributed by atoms with Crippen molar-refractivity contribution >= 4 is 34.7 Å². The first-order chi connectivity index (χ1) is 18.9. The smallest absolute Gasteiger partial charge is 0.421 e. The predicted molar refractivity (Wildman–Crippen MR) is 136 cm³/mol. The van der Waals surface area contributed by atoms with Crippen LogP contribution in [0, 0.1) is 15.9 Å². The van der Waals surface area contributed by atoms with Gasteiger partial charge in [-0.3, -0.25) is 14.9 Å². The van der Waals surface area contributed by atoms with Crippen LogP contribution < -0.4 is 20.1 Å². The molecular weight excluding hydrogens is 540 g/mol. The Kier molecular flexibility index (Phi) is 7.93. The van der Waals surface area contributed by atoms with Crippen LogP contribution in [0.15, 0.2) is 36.5 Å². The van der Waals surface area contributed by atoms with Crippen LogP contribution in [0.1, 0.15) is 29.9 Å². The van der Waals surface area contributed by atoms with Gasteiger partial charge in [-0.15, -0.1) is 0 Å². The number of nitro groups is 1. The van der Waals surface area contributed by atoms with E-state index in [9.17, 15) is 32.5 Å². The van der Waals surface area contributed by atoms with Gasteiger partial charge in [-0.05, 0) is 30.0 Å². The van der Waals surface area contributed by atoms with E-state index in [1.807, 2.05) is 0 Å². The third-order valence-electron chi connectivity index (χ3n) is 6.42. The highest BCUT2D eigenvalue weighted by Crippen LogP contribution is 2.40. The normalized spacial score (nSPS) is 15.5. The molecule has 1 unspecified atom stereocenters. The molecule has 0 radical (unpaired) electrons. The van der Waals surface area contributed by atoms with E-state index in [2.05, 4.69) is 20.6 Å². The van der Waals surface area contributed by atoms with Crippen molar-refractivity contribution in [3.63, 3.8) is 0 Å². The summed E-state index contributed by atoms with van der Waals surface area (Å²) < 4.78 is 65.8. The molecule has 1 fully saturated rings. The number of ether oxygens (including phenoxy) is 2. The molecule has 0 saturated carbocycles. The highest BCUT2D eigenvalue weighted by molar-refractivity contribution is 5.78. The second kappa shape index (κ2) is 11.2. The number of piperidine rings is 1. The lowest BCUT2D eigenvalue weighted by atomic mass is 9.89. The number of rotatable bonds is 8. The molecule has 1 aliphatic heterocycles. The van der Waals surface area contributed by atoms with E-state index >= 15 is 0 Å². The number of carbonyl (C=O) groups excluding carboxylic acids is 1. The molecule has 0 aliphatic carbocycles. The van der Waals surface area contributed by atoms with Gasteiger partial charge in [0.2, 0.25) is 17.7 Å². The largest absolute Gasteiger partial charge is 0.495 e. The zero-order valence-corrected chi connectivity index (χ0v) is 21.5. The summed E-state index contributed by atoms with van der Waals surface area (Å²) in [5.74, 6) is -2.17. The van der Waals surface area contributed by atoms with E-state index < -0.39 is 34.0 Å². The number of carbonyl (C=O) groups is 1. The molecule has 0 bridgehead atoms. The van der Waals surface area contributed by atoms with E-state index in [0.29, 0.717) is 42.7 Å². The number of anilines is 4. The number of likely N-dealkylation sites (tertiary alicyclic amines) is 1. The molecule has 11 nitrogen and oxygen atoms in total. The topological polar surface area (TPSA) is 132 Å². The fraction of sp³-hybridized carbons (Fsp3) is 0.320. The minimum atomic E-state index is -4.90. The summed E-state index contributed by atoms with van der Waals surface area (Å²) in [5, 5.41) is 16.3. The van der Waals surface area contributed by atoms with Gasteiger partial charge in [0.1, 0.15) is 22.9 Å². The maximum Gasteiger partial charge on any atom is 0.421 e. The van der Waals surface area contributed by atoms with E-state index in [1.54, 1.807) is 30.1 Å². The number of benzene rings is 2. The Hall–Kier alpha value is -4.69. The third kappa shape index (κ3) is 5.97. The molecule has 212 valence electrons. The lowest BCUT2D eigenvalue weighted by molar-refractivity contribution is -0.387. The van der Waals surface area contributed by atoms with Crippen molar-refractivity contribution in [2.75, 3.05) is 38.4 Å². The van der Waals surface area contributed by atoms with Crippen LogP contribution in [0.2, 0.25) is 0 Å². The van der Waals surface area contributed by atoms with E-state index in [4.69, 9.17) is 9.47 Å². The monoisotopic (exact) mass is 564 g/mol. The molecule has 0 spiro atoms. The van der Waals surface area contributed by atoms with Crippen LogP contribution >= 0.6 is 0 Å². The summed E-state index contributed by atoms with van der Waals surface area (Å²) in [7, 11) is 4.28. The number of methoxy groups -OCH3 is 2. The van der Waals surface area contributed by atoms with Crippen LogP contribution in [0.3, 0.4) is 0 Å². The van der Waals surface area contributed by atoms with Crippen LogP contribution in [0.25, 0.3) is 0 Å². The van der Waals surface area contributed by atoms with Gasteiger partial charge >= 0.3 is 11.9 Å². The van der Waals surface area contributed by atoms with Crippen LogP contribution in [0.4, 0.5) is 46.4 Å². The molecule has 1 atom stereocenters. The van der Waals surface area contributed by atoms with Crippen molar-refractivity contribution < 1.29 is 36.8 Å². The minimum absolute atomic E-state index is 0.0143. The summed E-state index contributed by atoms with van der Waals surface area (Å²) in [6.07, 6.45) is -3.26. The Bertz CT molecular complexity index is 1450. The van der Waals surface area contributed by atoms with Gasteiger partial charge in [0.25, 0.3) is 0 Å². The highest BCUT2D eigenvalue weighted by atomic mass is 19.4. The van der Waals surface area contributed by atoms with Gasteiger partial charge < -0.3 is 25.0 Å². The molecule has 1 aliphatic rings. The fourth-order valence-corrected chi connectivity index (χ4v) is 4.24. The van der Waals surface area contributed by atoms with Gasteiger partial charge in [-0.2, -0.15) is 22.5 Å². The molecule has 2 N–H and O–H groups in total. The van der Waals surface area contributed by atoms with Crippen molar-refractivity contribution in [1.29, 1.82) is 0 Å². The summed E-state index contributed by atoms with van der Waals surface area (Å²) in [6, 6.07) is 6.53. The predicted octanol–water partition coefficient (Wildman–Crippen LogP) is 5.38. The number of hydrogen-bond acceptors (Lipinski definition) is 9. The first kappa shape index (κ1) is 28.3. The van der Waals surface area contributed by atoms with Crippen LogP contribution in [0.5, 0.6) is 11.5 Å². The van der Waals surface area contributed by atoms with E-state index in [0.717, 1.165) is 19.1 Å². The Labute approximate surface area is 225 Å². The highest BCUT2D eigenvalue weighted by Gasteiger charge is 2.36. The third-order valence-corrected chi connectivity index (χ3v) is 6.42. The number of amides is 1. The first-order valence-electron chi connectivity index (χ1n) is 11.8. The lowest BCUT2D eigenvalue weighted by Crippen LogP contribution is -2.34. The molecule has 4 rings (SSSR count). The number of nitrogens with zero attached hydrogens (tertiary/aromatic N) is 4. The fourth-order valence-electron chi connectivity index (χ4n) is 4.24. The van der Waals surface area contributed by atoms with Gasteiger partial charge in [0.15, 0.2) is 0 Å². The van der Waals surface area contributed by atoms with Crippen molar-refractivity contribution in [3.05, 3.63) is 63.6 Å². The molecule has 40 heavy (non-hydrogen) atoms. The second-order valence-corrected chi connectivity index (χ2v) is 8.93. The second-order valence-electron chi connectivity index (χ2n) is 8.93. The Morgan fingerprint density at radius 3 is 2.42 bits per heavy atom. The molecule has 2 heterocycles. The summed E-state index contributed by atoms with van der Waals surface area (Å²) in [4.78, 5) is 31.6. The number of alkyl halides is 3. The van der Waals surface area contributed by atoms with Crippen molar-refractivity contribution in [2.45, 2.75) is 24.9 Å². The van der Waals surface area contributed by atoms with Crippen LogP contribution in [-0.4, -0.2) is 53.5 Å². The van der Waals surface area contributed by atoms with E-state index in [-0.39, 0.29) is 29.2 Å². The average Bonchev–Trinajstić information content (AvgIpc) is 2.90. The number of nitro benzene ring substituents is 1. The lowest BCUT2D eigenvalue weighted by Gasteiger charge is -2.29. The molecule has 1 amide bonds. The number of nitrogens with one attached hydrogen (secondary N) is 2. The summed E-state index contributed by atoms with van der Waals surface area (Å²) >= 11 is 0. The first-order valence-corrected chi connectivity index (χ1v) is 11.8. The number of aromatic nitrogens is 2. The minimum Gasteiger partial charge on any atom is -0.495 e. The van der Waals surface area contributed by atoms with Gasteiger partial charge in [-0.1, -0.05) is 6.07 Å². The van der Waals surface area contributed by atoms with Gasteiger partial charge in [0, 0.05) is 38.3 Å². The molecule has 1 aromatic heterocycles. The average molecular weight is 564 g/mol. The summed E-state index contributed by atoms with van der Waals surface area (Å²) in [5.41, 5.74) is -1.36. The standard InChI is InChI=1S/C25H24F4N6O5/c1-34-7-6-14(9-22(34)36)13-4-5-17(20(8-13)39-2)32-24-30-12-15(25(27,28)29)23(33-24)31-18-11-19(35(37)38)16(26)10-21(18)40-3/h4-5,8,10-12,14H,6-7,9H2,1-3H3,(H2,30,31,32,33). The van der Waals surface area contributed by atoms with Gasteiger partial charge in [0.05, 0.1) is 30.5 Å². The molecule has 15 heteroatoms. The van der Waals surface area contributed by atoms with Crippen molar-refractivity contribution in [1.82, 2.24) is 14.9 Å². The van der Waals surface area contributed by atoms with Crippen molar-refractivity contribution in [3.8, 4) is 11.5 Å². The summed E-state index contributed by atoms with van der Waals surface area (Å²) in [6.45, 7) is 0.614. The Morgan fingerprint density at radius 2 is 1.80 bits per heavy atom. The molecular formula is C25H24F4N6O5. The van der Waals surface area contributed by atoms with Crippen LogP contribution in [-0.2, 0) is 11.0 Å². The Balaban J connectivity index is 1.67. The quantitative estimate of drug-likeness (QED) is 0.210. The maximum absolute atomic E-state index is 14.0. The Morgan fingerprint density at radius 1 is 1.10 bits per heavy atom. The zero-order valence-electron chi connectivity index (χ0n) is 21.5. The number of halogens is 4. The number of hydrogen-bond donors (Lipinski definition) is 2. The zero-order chi connectivity index (χ0) is 29.2. The molecule has 3 aromatic rings. The molecule has 2 aromatic carbocycles. The van der Waals surface area contributed by atoms with Gasteiger partial charge in [-0.25, -0.2) is 4.98 Å². The van der Waals surface area contributed by atoms with Crippen molar-refractivity contribution in [2.24, 2.45) is 0 Å². The SMILES string of the molecule is COc1cc(C2CCN(C)C(=O)C2)ccc1Nc1ncc(C(F)(F)F)c(Nc2cc([N+](=O)[O-])c(F)cc2OC)n1.